The fourth-order valence-electron chi connectivity index (χ4n) is 3.12. The minimum atomic E-state index is 0.846. The predicted molar refractivity (Wildman–Crippen MR) is 99.4 cm³/mol. The van der Waals surface area contributed by atoms with Crippen LogP contribution in [0.15, 0.2) is 41.9 Å². The van der Waals surface area contributed by atoms with Crippen LogP contribution in [0.3, 0.4) is 0 Å². The summed E-state index contributed by atoms with van der Waals surface area (Å²) in [7, 11) is 0. The molecule has 1 aliphatic rings. The second-order valence-corrected chi connectivity index (χ2v) is 7.49. The minimum Gasteiger partial charge on any atom is -0.294 e. The fraction of sp³-hybridized carbons (Fsp3) is 0.263. The van der Waals surface area contributed by atoms with Crippen molar-refractivity contribution in [2.75, 3.05) is 6.54 Å². The molecule has 0 aliphatic carbocycles. The van der Waals surface area contributed by atoms with Crippen LogP contribution in [0.4, 0.5) is 0 Å². The quantitative estimate of drug-likeness (QED) is 0.680. The van der Waals surface area contributed by atoms with E-state index in [1.165, 1.54) is 22.4 Å². The molecule has 1 aromatic carbocycles. The second kappa shape index (κ2) is 6.63. The van der Waals surface area contributed by atoms with Crippen LogP contribution in [0.5, 0.6) is 0 Å². The first-order valence-corrected chi connectivity index (χ1v) is 9.31. The van der Waals surface area contributed by atoms with Gasteiger partial charge in [0.05, 0.1) is 10.6 Å². The molecule has 0 radical (unpaired) electrons. The largest absolute Gasteiger partial charge is 0.294 e. The van der Waals surface area contributed by atoms with Crippen molar-refractivity contribution < 1.29 is 0 Å². The Morgan fingerprint density at radius 3 is 2.96 bits per heavy atom. The summed E-state index contributed by atoms with van der Waals surface area (Å²) < 4.78 is 0. The maximum atomic E-state index is 6.38. The third-order valence-corrected chi connectivity index (χ3v) is 5.71. The Balaban J connectivity index is 1.54. The summed E-state index contributed by atoms with van der Waals surface area (Å²) in [5.74, 6) is 0.846. The Labute approximate surface area is 151 Å². The monoisotopic (exact) mass is 355 g/mol. The number of halogens is 1. The van der Waals surface area contributed by atoms with E-state index in [9.17, 15) is 0 Å². The van der Waals surface area contributed by atoms with Crippen LogP contribution in [0.2, 0.25) is 5.02 Å². The van der Waals surface area contributed by atoms with Crippen molar-refractivity contribution >= 4 is 22.9 Å². The van der Waals surface area contributed by atoms with Crippen molar-refractivity contribution in [2.24, 2.45) is 0 Å². The third-order valence-electron chi connectivity index (χ3n) is 4.49. The molecule has 3 aromatic rings. The maximum Gasteiger partial charge on any atom is 0.169 e. The summed E-state index contributed by atoms with van der Waals surface area (Å²) in [5.41, 5.74) is 4.88. The van der Waals surface area contributed by atoms with Gasteiger partial charge in [-0.05, 0) is 35.6 Å². The van der Waals surface area contributed by atoms with Gasteiger partial charge >= 0.3 is 0 Å². The number of hydrogen-bond donors (Lipinski definition) is 0. The van der Waals surface area contributed by atoms with Crippen molar-refractivity contribution in [3.63, 3.8) is 0 Å². The van der Waals surface area contributed by atoms with Gasteiger partial charge in [-0.1, -0.05) is 29.8 Å². The standard InChI is InChI=1S/C19H18ClN3S/c1-13-4-2-5-16(20)15(13)12-23-8-7-17-14(11-23)10-21-19(22-17)18-6-3-9-24-18/h2-6,9-10H,7-8,11-12H2,1H3. The minimum absolute atomic E-state index is 0.846. The molecule has 0 saturated carbocycles. The molecule has 5 heteroatoms. The smallest absolute Gasteiger partial charge is 0.169 e. The maximum absolute atomic E-state index is 6.38. The van der Waals surface area contributed by atoms with Crippen LogP contribution in [0.1, 0.15) is 22.4 Å². The molecule has 0 bridgehead atoms. The molecule has 2 aromatic heterocycles. The van der Waals surface area contributed by atoms with E-state index in [0.29, 0.717) is 0 Å². The van der Waals surface area contributed by atoms with E-state index in [4.69, 9.17) is 16.6 Å². The molecule has 122 valence electrons. The van der Waals surface area contributed by atoms with Gasteiger partial charge in [-0.2, -0.15) is 0 Å². The molecule has 0 spiro atoms. The number of fused-ring (bicyclic) bond motifs is 1. The molecule has 0 atom stereocenters. The van der Waals surface area contributed by atoms with E-state index in [0.717, 1.165) is 41.8 Å². The molecule has 4 rings (SSSR count). The molecule has 0 saturated heterocycles. The molecular formula is C19H18ClN3S. The lowest BCUT2D eigenvalue weighted by Crippen LogP contribution is -2.31. The average molecular weight is 356 g/mol. The van der Waals surface area contributed by atoms with Gasteiger partial charge in [-0.15, -0.1) is 11.3 Å². The van der Waals surface area contributed by atoms with Crippen LogP contribution >= 0.6 is 22.9 Å². The molecular weight excluding hydrogens is 338 g/mol. The van der Waals surface area contributed by atoms with E-state index < -0.39 is 0 Å². The van der Waals surface area contributed by atoms with Crippen LogP contribution in [-0.4, -0.2) is 21.4 Å². The Morgan fingerprint density at radius 1 is 1.25 bits per heavy atom. The lowest BCUT2D eigenvalue weighted by molar-refractivity contribution is 0.242. The Kier molecular flexibility index (Phi) is 4.35. The molecule has 24 heavy (non-hydrogen) atoms. The number of aryl methyl sites for hydroxylation is 1. The van der Waals surface area contributed by atoms with Crippen molar-refractivity contribution in [3.8, 4) is 10.7 Å². The van der Waals surface area contributed by atoms with Crippen LogP contribution in [-0.2, 0) is 19.5 Å². The molecule has 0 unspecified atom stereocenters. The lowest BCUT2D eigenvalue weighted by atomic mass is 10.0. The number of rotatable bonds is 3. The first-order chi connectivity index (χ1) is 11.7. The Bertz CT molecular complexity index is 841. The number of thiophene rings is 1. The SMILES string of the molecule is Cc1cccc(Cl)c1CN1CCc2nc(-c3cccs3)ncc2C1. The van der Waals surface area contributed by atoms with Crippen LogP contribution in [0, 0.1) is 6.92 Å². The van der Waals surface area contributed by atoms with Crippen LogP contribution in [0.25, 0.3) is 10.7 Å². The zero-order valence-corrected chi connectivity index (χ0v) is 15.1. The van der Waals surface area contributed by atoms with Crippen molar-refractivity contribution in [3.05, 3.63) is 69.3 Å². The summed E-state index contributed by atoms with van der Waals surface area (Å²) in [5, 5.41) is 2.91. The van der Waals surface area contributed by atoms with Crippen LogP contribution < -0.4 is 0 Å². The zero-order valence-electron chi connectivity index (χ0n) is 13.5. The van der Waals surface area contributed by atoms with Gasteiger partial charge < -0.3 is 0 Å². The molecule has 3 heterocycles. The van der Waals surface area contributed by atoms with E-state index in [-0.39, 0.29) is 0 Å². The van der Waals surface area contributed by atoms with Gasteiger partial charge in [-0.25, -0.2) is 9.97 Å². The number of nitrogens with zero attached hydrogens (tertiary/aromatic N) is 3. The van der Waals surface area contributed by atoms with Crippen molar-refractivity contribution in [2.45, 2.75) is 26.4 Å². The molecule has 1 aliphatic heterocycles. The molecule has 0 amide bonds. The summed E-state index contributed by atoms with van der Waals surface area (Å²) >= 11 is 8.06. The Morgan fingerprint density at radius 2 is 2.17 bits per heavy atom. The van der Waals surface area contributed by atoms with Gasteiger partial charge in [0.2, 0.25) is 0 Å². The highest BCUT2D eigenvalue weighted by atomic mass is 35.5. The second-order valence-electron chi connectivity index (χ2n) is 6.14. The van der Waals surface area contributed by atoms with Gasteiger partial charge in [0.1, 0.15) is 0 Å². The van der Waals surface area contributed by atoms with E-state index in [2.05, 4.69) is 34.3 Å². The summed E-state index contributed by atoms with van der Waals surface area (Å²) in [6.07, 6.45) is 2.95. The van der Waals surface area contributed by atoms with Gasteiger partial charge in [0, 0.05) is 42.8 Å². The fourth-order valence-corrected chi connectivity index (χ4v) is 4.07. The van der Waals surface area contributed by atoms with Gasteiger partial charge in [-0.3, -0.25) is 4.90 Å². The van der Waals surface area contributed by atoms with E-state index in [1.807, 2.05) is 24.4 Å². The van der Waals surface area contributed by atoms with Crippen molar-refractivity contribution in [1.29, 1.82) is 0 Å². The Hall–Kier alpha value is -1.75. The molecule has 0 N–H and O–H groups in total. The highest BCUT2D eigenvalue weighted by Gasteiger charge is 2.20. The third kappa shape index (κ3) is 3.09. The lowest BCUT2D eigenvalue weighted by Gasteiger charge is -2.28. The number of hydrogen-bond acceptors (Lipinski definition) is 4. The molecule has 0 fully saturated rings. The summed E-state index contributed by atoms with van der Waals surface area (Å²) in [6, 6.07) is 10.2. The zero-order chi connectivity index (χ0) is 16.5. The first kappa shape index (κ1) is 15.8. The number of aromatic nitrogens is 2. The summed E-state index contributed by atoms with van der Waals surface area (Å²) in [6.45, 7) is 4.87. The van der Waals surface area contributed by atoms with E-state index in [1.54, 1.807) is 11.3 Å². The average Bonchev–Trinajstić information content (AvgIpc) is 3.12. The summed E-state index contributed by atoms with van der Waals surface area (Å²) in [4.78, 5) is 12.9. The van der Waals surface area contributed by atoms with E-state index >= 15 is 0 Å². The highest BCUT2D eigenvalue weighted by molar-refractivity contribution is 7.13. The normalized spacial score (nSPS) is 14.6. The van der Waals surface area contributed by atoms with Gasteiger partial charge in [0.15, 0.2) is 5.82 Å². The highest BCUT2D eigenvalue weighted by Crippen LogP contribution is 2.26. The first-order valence-electron chi connectivity index (χ1n) is 8.06. The topological polar surface area (TPSA) is 29.0 Å². The van der Waals surface area contributed by atoms with Gasteiger partial charge in [0.25, 0.3) is 0 Å². The predicted octanol–water partition coefficient (Wildman–Crippen LogP) is 4.73. The molecule has 3 nitrogen and oxygen atoms in total. The number of benzene rings is 1. The van der Waals surface area contributed by atoms with Crippen molar-refractivity contribution in [1.82, 2.24) is 14.9 Å².